The molecule has 0 heterocycles. The molecule has 0 aliphatic carbocycles. The lowest BCUT2D eigenvalue weighted by molar-refractivity contribution is 0.449. The molecule has 1 rings (SSSR count). The van der Waals surface area contributed by atoms with Crippen molar-refractivity contribution >= 4 is 21.6 Å². The van der Waals surface area contributed by atoms with E-state index >= 15 is 0 Å². The maximum atomic E-state index is 3.38. The molecule has 1 aromatic carbocycles. The van der Waals surface area contributed by atoms with Crippen LogP contribution >= 0.6 is 21.6 Å². The molecule has 0 spiro atoms. The fraction of sp³-hybridized carbons (Fsp3) is 0.806. The zero-order valence-corrected chi connectivity index (χ0v) is 24.6. The van der Waals surface area contributed by atoms with Crippen LogP contribution in [0.1, 0.15) is 160 Å². The summed E-state index contributed by atoms with van der Waals surface area (Å²) in [6, 6.07) is 9.47. The van der Waals surface area contributed by atoms with Crippen LogP contribution in [0.3, 0.4) is 0 Å². The molecule has 0 aliphatic heterocycles. The summed E-state index contributed by atoms with van der Waals surface area (Å²) in [7, 11) is 3.38. The predicted octanol–water partition coefficient (Wildman–Crippen LogP) is 11.6. The number of benzene rings is 1. The average molecular weight is 497 g/mol. The standard InChI is InChI=1S/C31H57P.ClH/c1-4-7-10-13-16-19-24-29-25-20-21-26-30(29)31(32,27-22-17-14-11-8-5-2)28-23-18-15-12-9-6-3;/h20-21,25-26H,4-19,22-24,27-28,32H2,1-3H3;1H. The Bertz CT molecular complexity index is 525. The molecule has 1 atom stereocenters. The fourth-order valence-electron chi connectivity index (χ4n) is 5.16. The lowest BCUT2D eigenvalue weighted by atomic mass is 9.83. The van der Waals surface area contributed by atoms with E-state index in [1.165, 1.54) is 135 Å². The monoisotopic (exact) mass is 496 g/mol. The largest absolute Gasteiger partial charge is 0.147 e. The van der Waals surface area contributed by atoms with Crippen LogP contribution in [0, 0.1) is 0 Å². The molecule has 0 amide bonds. The first kappa shape index (κ1) is 32.9. The van der Waals surface area contributed by atoms with E-state index in [1.54, 1.807) is 11.1 Å². The molecule has 1 aromatic rings. The molecular formula is C31H58ClP. The van der Waals surface area contributed by atoms with Crippen molar-refractivity contribution < 1.29 is 0 Å². The van der Waals surface area contributed by atoms with Gasteiger partial charge in [0.25, 0.3) is 0 Å². The Morgan fingerprint density at radius 2 is 0.939 bits per heavy atom. The average Bonchev–Trinajstić information content (AvgIpc) is 2.81. The summed E-state index contributed by atoms with van der Waals surface area (Å²) >= 11 is 0. The predicted molar refractivity (Wildman–Crippen MR) is 158 cm³/mol. The molecule has 0 fully saturated rings. The second-order valence-electron chi connectivity index (χ2n) is 10.4. The Morgan fingerprint density at radius 3 is 1.42 bits per heavy atom. The Labute approximate surface area is 217 Å². The van der Waals surface area contributed by atoms with Crippen molar-refractivity contribution in [2.45, 2.75) is 161 Å². The zero-order chi connectivity index (χ0) is 23.3. The van der Waals surface area contributed by atoms with E-state index in [-0.39, 0.29) is 17.6 Å². The van der Waals surface area contributed by atoms with Crippen LogP contribution in [-0.4, -0.2) is 0 Å². The second kappa shape index (κ2) is 22.4. The number of unbranched alkanes of at least 4 members (excludes halogenated alkanes) is 15. The molecule has 0 bridgehead atoms. The van der Waals surface area contributed by atoms with E-state index in [1.807, 2.05) is 0 Å². The smallest absolute Gasteiger partial charge is 0.0100 e. The van der Waals surface area contributed by atoms with Gasteiger partial charge >= 0.3 is 0 Å². The van der Waals surface area contributed by atoms with Gasteiger partial charge in [-0.3, -0.25) is 0 Å². The first-order chi connectivity index (χ1) is 15.7. The van der Waals surface area contributed by atoms with Crippen molar-refractivity contribution in [3.63, 3.8) is 0 Å². The van der Waals surface area contributed by atoms with Crippen molar-refractivity contribution in [2.75, 3.05) is 0 Å². The van der Waals surface area contributed by atoms with Gasteiger partial charge in [0, 0.05) is 5.16 Å². The highest BCUT2D eigenvalue weighted by Crippen LogP contribution is 2.43. The molecule has 0 saturated heterocycles. The van der Waals surface area contributed by atoms with Gasteiger partial charge < -0.3 is 0 Å². The molecule has 0 aliphatic rings. The lowest BCUT2D eigenvalue weighted by Gasteiger charge is -2.33. The topological polar surface area (TPSA) is 0 Å². The molecule has 0 N–H and O–H groups in total. The number of aryl methyl sites for hydroxylation is 1. The van der Waals surface area contributed by atoms with Crippen LogP contribution in [0.15, 0.2) is 24.3 Å². The van der Waals surface area contributed by atoms with Gasteiger partial charge in [0.1, 0.15) is 0 Å². The van der Waals surface area contributed by atoms with E-state index in [9.17, 15) is 0 Å². The summed E-state index contributed by atoms with van der Waals surface area (Å²) in [4.78, 5) is 0. The number of rotatable bonds is 22. The Morgan fingerprint density at radius 1 is 0.545 bits per heavy atom. The molecule has 194 valence electrons. The van der Waals surface area contributed by atoms with E-state index in [0.29, 0.717) is 0 Å². The molecule has 1 unspecified atom stereocenters. The highest BCUT2D eigenvalue weighted by atomic mass is 35.5. The third-order valence-electron chi connectivity index (χ3n) is 7.31. The van der Waals surface area contributed by atoms with Crippen LogP contribution in [-0.2, 0) is 11.6 Å². The van der Waals surface area contributed by atoms with Gasteiger partial charge in [0.15, 0.2) is 0 Å². The molecular weight excluding hydrogens is 439 g/mol. The SMILES string of the molecule is CCCCCCCCc1ccccc1C(P)(CCCCCCCC)CCCCCCCC.Cl. The lowest BCUT2D eigenvalue weighted by Crippen LogP contribution is -2.20. The first-order valence-electron chi connectivity index (χ1n) is 14.5. The summed E-state index contributed by atoms with van der Waals surface area (Å²) in [6.07, 6.45) is 29.1. The van der Waals surface area contributed by atoms with Crippen LogP contribution in [0.2, 0.25) is 0 Å². The van der Waals surface area contributed by atoms with Crippen molar-refractivity contribution in [3.8, 4) is 0 Å². The van der Waals surface area contributed by atoms with Gasteiger partial charge in [0.05, 0.1) is 0 Å². The minimum Gasteiger partial charge on any atom is -0.147 e. The molecule has 0 radical (unpaired) electrons. The summed E-state index contributed by atoms with van der Waals surface area (Å²) < 4.78 is 0. The summed E-state index contributed by atoms with van der Waals surface area (Å²) in [5.41, 5.74) is 3.29. The van der Waals surface area contributed by atoms with Crippen LogP contribution in [0.25, 0.3) is 0 Å². The quantitative estimate of drug-likeness (QED) is 0.110. The summed E-state index contributed by atoms with van der Waals surface area (Å²) in [6.45, 7) is 6.94. The minimum atomic E-state index is 0. The molecule has 0 aromatic heterocycles. The zero-order valence-electron chi connectivity index (χ0n) is 22.6. The van der Waals surface area contributed by atoms with Gasteiger partial charge in [-0.15, -0.1) is 21.6 Å². The Balaban J connectivity index is 0.0000102. The van der Waals surface area contributed by atoms with Crippen LogP contribution < -0.4 is 0 Å². The maximum Gasteiger partial charge on any atom is 0.0100 e. The van der Waals surface area contributed by atoms with Crippen LogP contribution in [0.4, 0.5) is 0 Å². The van der Waals surface area contributed by atoms with Gasteiger partial charge in [-0.2, -0.15) is 0 Å². The van der Waals surface area contributed by atoms with Crippen LogP contribution in [0.5, 0.6) is 0 Å². The second-order valence-corrected chi connectivity index (χ2v) is 11.5. The van der Waals surface area contributed by atoms with E-state index < -0.39 is 0 Å². The number of halogens is 1. The van der Waals surface area contributed by atoms with E-state index in [4.69, 9.17) is 0 Å². The highest BCUT2D eigenvalue weighted by molar-refractivity contribution is 7.18. The number of hydrogen-bond donors (Lipinski definition) is 0. The van der Waals surface area contributed by atoms with Crippen molar-refractivity contribution in [1.29, 1.82) is 0 Å². The summed E-state index contributed by atoms with van der Waals surface area (Å²) in [5, 5.41) is 0.286. The Hall–Kier alpha value is -0.0600. The van der Waals surface area contributed by atoms with Gasteiger partial charge in [-0.05, 0) is 36.8 Å². The third-order valence-corrected chi connectivity index (χ3v) is 8.19. The molecule has 0 saturated carbocycles. The van der Waals surface area contributed by atoms with Gasteiger partial charge in [0.2, 0.25) is 0 Å². The van der Waals surface area contributed by atoms with Crippen molar-refractivity contribution in [1.82, 2.24) is 0 Å². The molecule has 2 heteroatoms. The van der Waals surface area contributed by atoms with Crippen molar-refractivity contribution in [3.05, 3.63) is 35.4 Å². The maximum absolute atomic E-state index is 3.38. The first-order valence-corrected chi connectivity index (χ1v) is 15.1. The Kier molecular flexibility index (Phi) is 22.4. The third kappa shape index (κ3) is 15.5. The number of hydrogen-bond acceptors (Lipinski definition) is 0. The van der Waals surface area contributed by atoms with Gasteiger partial charge in [-0.1, -0.05) is 154 Å². The van der Waals surface area contributed by atoms with E-state index in [0.717, 1.165) is 0 Å². The highest BCUT2D eigenvalue weighted by Gasteiger charge is 2.28. The fourth-order valence-corrected chi connectivity index (χ4v) is 5.85. The summed E-state index contributed by atoms with van der Waals surface area (Å²) in [5.74, 6) is 0. The normalized spacial score (nSPS) is 11.5. The molecule has 0 nitrogen and oxygen atoms in total. The minimum absolute atomic E-state index is 0. The van der Waals surface area contributed by atoms with Crippen molar-refractivity contribution in [2.24, 2.45) is 0 Å². The molecule has 33 heavy (non-hydrogen) atoms. The van der Waals surface area contributed by atoms with E-state index in [2.05, 4.69) is 54.3 Å². The van der Waals surface area contributed by atoms with Gasteiger partial charge in [-0.25, -0.2) is 0 Å².